The zero-order valence-corrected chi connectivity index (χ0v) is 15.3. The van der Waals surface area contributed by atoms with Crippen LogP contribution in [0.25, 0.3) is 0 Å². The number of rotatable bonds is 3. The molecule has 0 saturated carbocycles. The third-order valence-electron chi connectivity index (χ3n) is 4.37. The van der Waals surface area contributed by atoms with Gasteiger partial charge in [-0.25, -0.2) is 0 Å². The van der Waals surface area contributed by atoms with Gasteiger partial charge in [0, 0.05) is 18.8 Å². The number of amides is 1. The van der Waals surface area contributed by atoms with Crippen molar-refractivity contribution in [2.24, 2.45) is 5.92 Å². The topological polar surface area (TPSA) is 58.1 Å². The number of carbonyl (C=O) groups is 1. The first-order valence-corrected chi connectivity index (χ1v) is 8.88. The molecule has 5 nitrogen and oxygen atoms in total. The Balaban J connectivity index is 1.72. The van der Waals surface area contributed by atoms with Crippen LogP contribution in [0.5, 0.6) is 0 Å². The van der Waals surface area contributed by atoms with Gasteiger partial charge in [0.05, 0.1) is 10.6 Å². The van der Waals surface area contributed by atoms with Crippen LogP contribution < -0.4 is 5.32 Å². The highest BCUT2D eigenvalue weighted by atomic mass is 35.5. The minimum Gasteiger partial charge on any atom is -0.339 e. The van der Waals surface area contributed by atoms with E-state index in [0.717, 1.165) is 25.0 Å². The second-order valence-corrected chi connectivity index (χ2v) is 7.03. The van der Waals surface area contributed by atoms with Crippen LogP contribution in [0.15, 0.2) is 30.3 Å². The van der Waals surface area contributed by atoms with Gasteiger partial charge in [0.15, 0.2) is 11.5 Å². The monoisotopic (exact) mass is 398 g/mol. The Kier molecular flexibility index (Phi) is 5.55. The average Bonchev–Trinajstić information content (AvgIpc) is 2.62. The minimum atomic E-state index is -4.55. The van der Waals surface area contributed by atoms with Crippen molar-refractivity contribution in [2.45, 2.75) is 25.9 Å². The lowest BCUT2D eigenvalue weighted by atomic mass is 10.00. The van der Waals surface area contributed by atoms with Crippen LogP contribution in [-0.2, 0) is 6.18 Å². The SMILES string of the molecule is CC1CCCN(C(=O)c2ccc(Nc3ccc(Cl)c(C(F)(F)F)c3)nn2)C1. The van der Waals surface area contributed by atoms with Crippen LogP contribution >= 0.6 is 11.6 Å². The molecule has 27 heavy (non-hydrogen) atoms. The molecule has 1 aliphatic heterocycles. The van der Waals surface area contributed by atoms with E-state index in [1.165, 1.54) is 18.2 Å². The van der Waals surface area contributed by atoms with E-state index < -0.39 is 11.7 Å². The fourth-order valence-corrected chi connectivity index (χ4v) is 3.24. The van der Waals surface area contributed by atoms with Crippen LogP contribution in [0.2, 0.25) is 5.02 Å². The lowest BCUT2D eigenvalue weighted by molar-refractivity contribution is -0.137. The highest BCUT2D eigenvalue weighted by Gasteiger charge is 2.33. The number of benzene rings is 1. The predicted molar refractivity (Wildman–Crippen MR) is 96.1 cm³/mol. The summed E-state index contributed by atoms with van der Waals surface area (Å²) in [5, 5.41) is 10.2. The van der Waals surface area contributed by atoms with Gasteiger partial charge in [-0.05, 0) is 49.1 Å². The largest absolute Gasteiger partial charge is 0.417 e. The van der Waals surface area contributed by atoms with Gasteiger partial charge in [0.1, 0.15) is 0 Å². The van der Waals surface area contributed by atoms with E-state index in [1.807, 2.05) is 0 Å². The number of nitrogens with zero attached hydrogens (tertiary/aromatic N) is 3. The summed E-state index contributed by atoms with van der Waals surface area (Å²) < 4.78 is 38.8. The van der Waals surface area contributed by atoms with Gasteiger partial charge >= 0.3 is 6.18 Å². The van der Waals surface area contributed by atoms with E-state index in [0.29, 0.717) is 19.0 Å². The normalized spacial score (nSPS) is 17.7. The lowest BCUT2D eigenvalue weighted by Gasteiger charge is -2.30. The van der Waals surface area contributed by atoms with E-state index in [-0.39, 0.29) is 28.1 Å². The maximum absolute atomic E-state index is 12.9. The molecule has 9 heteroatoms. The fraction of sp³-hybridized carbons (Fsp3) is 0.389. The van der Waals surface area contributed by atoms with Gasteiger partial charge in [0.2, 0.25) is 0 Å². The maximum atomic E-state index is 12.9. The molecule has 1 unspecified atom stereocenters. The third kappa shape index (κ3) is 4.68. The molecule has 1 atom stereocenters. The Morgan fingerprint density at radius 2 is 2.04 bits per heavy atom. The van der Waals surface area contributed by atoms with Crippen molar-refractivity contribution in [1.82, 2.24) is 15.1 Å². The first-order chi connectivity index (χ1) is 12.7. The van der Waals surface area contributed by atoms with E-state index in [2.05, 4.69) is 22.4 Å². The summed E-state index contributed by atoms with van der Waals surface area (Å²) in [4.78, 5) is 14.2. The highest BCUT2D eigenvalue weighted by molar-refractivity contribution is 6.31. The molecule has 0 spiro atoms. The van der Waals surface area contributed by atoms with Crippen molar-refractivity contribution in [1.29, 1.82) is 0 Å². The van der Waals surface area contributed by atoms with E-state index in [1.54, 1.807) is 4.90 Å². The third-order valence-corrected chi connectivity index (χ3v) is 4.70. The molecule has 1 N–H and O–H groups in total. The summed E-state index contributed by atoms with van der Waals surface area (Å²) in [5.74, 6) is 0.491. The quantitative estimate of drug-likeness (QED) is 0.809. The standard InChI is InChI=1S/C18H18ClF3N4O/c1-11-3-2-8-26(10-11)17(27)15-6-7-16(25-24-15)23-12-4-5-14(19)13(9-12)18(20,21)22/h4-7,9,11H,2-3,8,10H2,1H3,(H,23,25). The van der Waals surface area contributed by atoms with Crippen LogP contribution in [0.1, 0.15) is 35.8 Å². The molecule has 3 rings (SSSR count). The minimum absolute atomic E-state index is 0.171. The number of nitrogens with one attached hydrogen (secondary N) is 1. The number of anilines is 2. The number of halogens is 4. The summed E-state index contributed by atoms with van der Waals surface area (Å²) in [6.45, 7) is 3.47. The first kappa shape index (κ1) is 19.4. The van der Waals surface area contributed by atoms with E-state index in [9.17, 15) is 18.0 Å². The molecule has 2 heterocycles. The second kappa shape index (κ2) is 7.72. The maximum Gasteiger partial charge on any atom is 0.417 e. The second-order valence-electron chi connectivity index (χ2n) is 6.62. The average molecular weight is 399 g/mol. The molecular formula is C18H18ClF3N4O. The molecule has 1 amide bonds. The Hall–Kier alpha value is -2.35. The van der Waals surface area contributed by atoms with Gasteiger partial charge in [0.25, 0.3) is 5.91 Å². The predicted octanol–water partition coefficient (Wildman–Crippen LogP) is 4.76. The van der Waals surface area contributed by atoms with Gasteiger partial charge < -0.3 is 10.2 Å². The number of alkyl halides is 3. The van der Waals surface area contributed by atoms with Crippen molar-refractivity contribution < 1.29 is 18.0 Å². The summed E-state index contributed by atoms with van der Waals surface area (Å²) in [6, 6.07) is 6.49. The Morgan fingerprint density at radius 3 is 2.67 bits per heavy atom. The molecule has 1 aliphatic rings. The smallest absolute Gasteiger partial charge is 0.339 e. The molecular weight excluding hydrogens is 381 g/mol. The van der Waals surface area contributed by atoms with Crippen molar-refractivity contribution in [3.8, 4) is 0 Å². The van der Waals surface area contributed by atoms with Gasteiger partial charge in [-0.15, -0.1) is 10.2 Å². The molecule has 0 bridgehead atoms. The van der Waals surface area contributed by atoms with Crippen molar-refractivity contribution >= 4 is 29.0 Å². The van der Waals surface area contributed by atoms with Crippen LogP contribution in [0, 0.1) is 5.92 Å². The van der Waals surface area contributed by atoms with Gasteiger partial charge in [-0.2, -0.15) is 13.2 Å². The number of likely N-dealkylation sites (tertiary alicyclic amines) is 1. The van der Waals surface area contributed by atoms with Gasteiger partial charge in [-0.3, -0.25) is 4.79 Å². The van der Waals surface area contributed by atoms with E-state index >= 15 is 0 Å². The molecule has 0 radical (unpaired) electrons. The van der Waals surface area contributed by atoms with Gasteiger partial charge in [-0.1, -0.05) is 18.5 Å². The Bertz CT molecular complexity index is 826. The van der Waals surface area contributed by atoms with Crippen LogP contribution in [0.4, 0.5) is 24.7 Å². The summed E-state index contributed by atoms with van der Waals surface area (Å²) >= 11 is 5.61. The molecule has 1 aromatic heterocycles. The number of carbonyl (C=O) groups excluding carboxylic acids is 1. The number of aromatic nitrogens is 2. The molecule has 1 saturated heterocycles. The number of hydrogen-bond donors (Lipinski definition) is 1. The van der Waals surface area contributed by atoms with E-state index in [4.69, 9.17) is 11.6 Å². The summed E-state index contributed by atoms with van der Waals surface area (Å²) in [5.41, 5.74) is -0.556. The van der Waals surface area contributed by atoms with Crippen molar-refractivity contribution in [2.75, 3.05) is 18.4 Å². The zero-order valence-electron chi connectivity index (χ0n) is 14.6. The first-order valence-electron chi connectivity index (χ1n) is 8.51. The molecule has 1 aromatic carbocycles. The summed E-state index contributed by atoms with van der Waals surface area (Å²) in [6.07, 6.45) is -2.50. The molecule has 2 aromatic rings. The molecule has 144 valence electrons. The van der Waals surface area contributed by atoms with Crippen LogP contribution in [0.3, 0.4) is 0 Å². The number of piperidine rings is 1. The molecule has 1 fully saturated rings. The van der Waals surface area contributed by atoms with Crippen LogP contribution in [-0.4, -0.2) is 34.1 Å². The summed E-state index contributed by atoms with van der Waals surface area (Å²) in [7, 11) is 0. The highest BCUT2D eigenvalue weighted by Crippen LogP contribution is 2.36. The zero-order chi connectivity index (χ0) is 19.6. The van der Waals surface area contributed by atoms with Crippen molar-refractivity contribution in [3.05, 3.63) is 46.6 Å². The molecule has 0 aliphatic carbocycles. The lowest BCUT2D eigenvalue weighted by Crippen LogP contribution is -2.39. The number of hydrogen-bond acceptors (Lipinski definition) is 4. The Morgan fingerprint density at radius 1 is 1.26 bits per heavy atom. The Labute approximate surface area is 159 Å². The van der Waals surface area contributed by atoms with Crippen molar-refractivity contribution in [3.63, 3.8) is 0 Å². The fourth-order valence-electron chi connectivity index (χ4n) is 3.02.